The molecule has 7 heteroatoms. The van der Waals surface area contributed by atoms with E-state index in [2.05, 4.69) is 20.5 Å². The molecule has 2 heterocycles. The summed E-state index contributed by atoms with van der Waals surface area (Å²) in [4.78, 5) is 27.2. The fourth-order valence-electron chi connectivity index (χ4n) is 1.53. The molecule has 20 heavy (non-hydrogen) atoms. The minimum atomic E-state index is -0.536. The average molecular weight is 274 g/mol. The molecule has 0 radical (unpaired) electrons. The molecule has 2 rings (SSSR count). The van der Waals surface area contributed by atoms with Crippen molar-refractivity contribution < 1.29 is 14.3 Å². The molecule has 2 aromatic heterocycles. The summed E-state index contributed by atoms with van der Waals surface area (Å²) >= 11 is 0. The van der Waals surface area contributed by atoms with E-state index in [1.807, 2.05) is 6.07 Å². The molecule has 0 atom stereocenters. The van der Waals surface area contributed by atoms with Crippen LogP contribution in [0.3, 0.4) is 0 Å². The molecule has 0 spiro atoms. The molecule has 0 fully saturated rings. The molecule has 2 N–H and O–H groups in total. The minimum Gasteiger partial charge on any atom is -0.461 e. The van der Waals surface area contributed by atoms with Crippen LogP contribution in [0.4, 0.5) is 0 Å². The van der Waals surface area contributed by atoms with E-state index in [-0.39, 0.29) is 23.9 Å². The Kier molecular flexibility index (Phi) is 4.43. The lowest BCUT2D eigenvalue weighted by Crippen LogP contribution is -2.23. The van der Waals surface area contributed by atoms with E-state index in [9.17, 15) is 9.59 Å². The van der Waals surface area contributed by atoms with Gasteiger partial charge in [-0.1, -0.05) is 6.07 Å². The predicted octanol–water partition coefficient (Wildman–Crippen LogP) is 0.911. The van der Waals surface area contributed by atoms with Crippen molar-refractivity contribution in [2.45, 2.75) is 13.5 Å². The Bertz CT molecular complexity index is 595. The topological polar surface area (TPSA) is 97.0 Å². The van der Waals surface area contributed by atoms with Gasteiger partial charge >= 0.3 is 5.97 Å². The maximum Gasteiger partial charge on any atom is 0.356 e. The van der Waals surface area contributed by atoms with Gasteiger partial charge in [0, 0.05) is 25.0 Å². The van der Waals surface area contributed by atoms with Gasteiger partial charge in [0.1, 0.15) is 5.69 Å². The van der Waals surface area contributed by atoms with Crippen molar-refractivity contribution >= 4 is 11.9 Å². The van der Waals surface area contributed by atoms with Crippen LogP contribution in [0.25, 0.3) is 0 Å². The first-order chi connectivity index (χ1) is 9.70. The second-order valence-corrected chi connectivity index (χ2v) is 3.93. The Labute approximate surface area is 115 Å². The van der Waals surface area contributed by atoms with Gasteiger partial charge in [-0.3, -0.25) is 14.9 Å². The van der Waals surface area contributed by atoms with E-state index in [4.69, 9.17) is 4.74 Å². The van der Waals surface area contributed by atoms with Crippen LogP contribution in [-0.2, 0) is 11.3 Å². The number of aromatic amines is 1. The van der Waals surface area contributed by atoms with E-state index in [0.29, 0.717) is 6.54 Å². The number of pyridine rings is 1. The van der Waals surface area contributed by atoms with Crippen molar-refractivity contribution in [1.29, 1.82) is 0 Å². The number of carbonyl (C=O) groups excluding carboxylic acids is 2. The van der Waals surface area contributed by atoms with E-state index >= 15 is 0 Å². The van der Waals surface area contributed by atoms with Gasteiger partial charge in [0.05, 0.1) is 6.61 Å². The Morgan fingerprint density at radius 2 is 2.30 bits per heavy atom. The Morgan fingerprint density at radius 1 is 1.45 bits per heavy atom. The van der Waals surface area contributed by atoms with Crippen LogP contribution in [0.15, 0.2) is 30.6 Å². The fourth-order valence-corrected chi connectivity index (χ4v) is 1.53. The van der Waals surface area contributed by atoms with Crippen molar-refractivity contribution in [2.75, 3.05) is 6.61 Å². The summed E-state index contributed by atoms with van der Waals surface area (Å²) in [6.45, 7) is 2.31. The normalized spacial score (nSPS) is 10.1. The van der Waals surface area contributed by atoms with Gasteiger partial charge in [-0.15, -0.1) is 0 Å². The second-order valence-electron chi connectivity index (χ2n) is 3.93. The summed E-state index contributed by atoms with van der Waals surface area (Å²) in [5, 5.41) is 8.94. The molecule has 0 saturated carbocycles. The summed E-state index contributed by atoms with van der Waals surface area (Å²) in [7, 11) is 0. The minimum absolute atomic E-state index is 0.136. The van der Waals surface area contributed by atoms with Gasteiger partial charge < -0.3 is 10.1 Å². The number of amides is 1. The van der Waals surface area contributed by atoms with Gasteiger partial charge in [0.15, 0.2) is 5.69 Å². The quantitative estimate of drug-likeness (QED) is 0.790. The van der Waals surface area contributed by atoms with Crippen LogP contribution >= 0.6 is 0 Å². The van der Waals surface area contributed by atoms with Gasteiger partial charge in [0.2, 0.25) is 0 Å². The Morgan fingerprint density at radius 3 is 3.00 bits per heavy atom. The molecular weight excluding hydrogens is 260 g/mol. The monoisotopic (exact) mass is 274 g/mol. The number of nitrogens with zero attached hydrogens (tertiary/aromatic N) is 2. The molecule has 0 bridgehead atoms. The number of esters is 1. The third-order valence-electron chi connectivity index (χ3n) is 2.48. The molecule has 0 saturated heterocycles. The van der Waals surface area contributed by atoms with Gasteiger partial charge in [0.25, 0.3) is 5.91 Å². The number of hydrogen-bond acceptors (Lipinski definition) is 5. The first-order valence-corrected chi connectivity index (χ1v) is 6.10. The molecule has 0 aliphatic rings. The molecule has 0 aliphatic carbocycles. The highest BCUT2D eigenvalue weighted by molar-refractivity contribution is 5.95. The van der Waals surface area contributed by atoms with E-state index < -0.39 is 5.97 Å². The maximum absolute atomic E-state index is 11.8. The molecule has 7 nitrogen and oxygen atoms in total. The van der Waals surface area contributed by atoms with Crippen LogP contribution in [0, 0.1) is 0 Å². The highest BCUT2D eigenvalue weighted by Crippen LogP contribution is 2.02. The van der Waals surface area contributed by atoms with Gasteiger partial charge in [-0.2, -0.15) is 5.10 Å². The summed E-state index contributed by atoms with van der Waals surface area (Å²) < 4.78 is 4.80. The van der Waals surface area contributed by atoms with Crippen LogP contribution < -0.4 is 5.32 Å². The van der Waals surface area contributed by atoms with Gasteiger partial charge in [-0.05, 0) is 18.6 Å². The number of hydrogen-bond donors (Lipinski definition) is 2. The van der Waals surface area contributed by atoms with Crippen molar-refractivity contribution in [2.24, 2.45) is 0 Å². The standard InChI is InChI=1S/C13H14N4O3/c1-2-20-13(19)11-6-10(16-17-11)12(18)15-8-9-4-3-5-14-7-9/h3-7H,2,8H2,1H3,(H,15,18)(H,16,17). The lowest BCUT2D eigenvalue weighted by molar-refractivity contribution is 0.0519. The van der Waals surface area contributed by atoms with Crippen LogP contribution in [0.2, 0.25) is 0 Å². The highest BCUT2D eigenvalue weighted by Gasteiger charge is 2.15. The van der Waals surface area contributed by atoms with Crippen LogP contribution in [-0.4, -0.2) is 33.7 Å². The van der Waals surface area contributed by atoms with Crippen LogP contribution in [0.5, 0.6) is 0 Å². The van der Waals surface area contributed by atoms with Crippen molar-refractivity contribution in [3.8, 4) is 0 Å². The number of carbonyl (C=O) groups is 2. The Balaban J connectivity index is 1.94. The fraction of sp³-hybridized carbons (Fsp3) is 0.231. The van der Waals surface area contributed by atoms with Crippen molar-refractivity contribution in [3.05, 3.63) is 47.5 Å². The first-order valence-electron chi connectivity index (χ1n) is 6.10. The van der Waals surface area contributed by atoms with Gasteiger partial charge in [-0.25, -0.2) is 4.79 Å². The summed E-state index contributed by atoms with van der Waals surface area (Å²) in [6.07, 6.45) is 3.32. The Hall–Kier alpha value is -2.70. The molecule has 0 aliphatic heterocycles. The zero-order valence-corrected chi connectivity index (χ0v) is 10.9. The summed E-state index contributed by atoms with van der Waals surface area (Å²) in [6, 6.07) is 4.99. The SMILES string of the molecule is CCOC(=O)c1cc(C(=O)NCc2cccnc2)n[nH]1. The van der Waals surface area contributed by atoms with Crippen LogP contribution in [0.1, 0.15) is 33.5 Å². The second kappa shape index (κ2) is 6.46. The smallest absolute Gasteiger partial charge is 0.356 e. The maximum atomic E-state index is 11.8. The average Bonchev–Trinajstić information content (AvgIpc) is 2.96. The molecular formula is C13H14N4O3. The van der Waals surface area contributed by atoms with E-state index in [1.165, 1.54) is 6.07 Å². The predicted molar refractivity (Wildman–Crippen MR) is 70.0 cm³/mol. The number of aromatic nitrogens is 3. The zero-order chi connectivity index (χ0) is 14.4. The van der Waals surface area contributed by atoms with E-state index in [1.54, 1.807) is 25.4 Å². The number of H-pyrrole nitrogens is 1. The molecule has 0 unspecified atom stereocenters. The number of ether oxygens (including phenoxy) is 1. The lowest BCUT2D eigenvalue weighted by atomic mass is 10.3. The third-order valence-corrected chi connectivity index (χ3v) is 2.48. The van der Waals surface area contributed by atoms with Crippen molar-refractivity contribution in [3.63, 3.8) is 0 Å². The molecule has 1 amide bonds. The largest absolute Gasteiger partial charge is 0.461 e. The summed E-state index contributed by atoms with van der Waals surface area (Å²) in [5.41, 5.74) is 1.16. The molecule has 0 aromatic carbocycles. The summed E-state index contributed by atoms with van der Waals surface area (Å²) in [5.74, 6) is -0.910. The molecule has 104 valence electrons. The number of rotatable bonds is 5. The third kappa shape index (κ3) is 3.41. The van der Waals surface area contributed by atoms with E-state index in [0.717, 1.165) is 5.56 Å². The zero-order valence-electron chi connectivity index (χ0n) is 10.9. The first kappa shape index (κ1) is 13.7. The number of nitrogens with one attached hydrogen (secondary N) is 2. The van der Waals surface area contributed by atoms with Crippen molar-refractivity contribution in [1.82, 2.24) is 20.5 Å². The lowest BCUT2D eigenvalue weighted by Gasteiger charge is -2.02. The highest BCUT2D eigenvalue weighted by atomic mass is 16.5. The molecule has 2 aromatic rings.